The van der Waals surface area contributed by atoms with E-state index in [0.717, 1.165) is 6.42 Å². The molecule has 0 saturated heterocycles. The number of aliphatic hydroxyl groups excluding tert-OH is 1. The predicted molar refractivity (Wildman–Crippen MR) is 56.8 cm³/mol. The van der Waals surface area contributed by atoms with Crippen molar-refractivity contribution in [1.29, 1.82) is 0 Å². The van der Waals surface area contributed by atoms with Gasteiger partial charge < -0.3 is 5.11 Å². The van der Waals surface area contributed by atoms with Crippen LogP contribution in [0.1, 0.15) is 40.5 Å². The minimum absolute atomic E-state index is 0.418. The van der Waals surface area contributed by atoms with Gasteiger partial charge in [-0.1, -0.05) is 13.8 Å². The summed E-state index contributed by atoms with van der Waals surface area (Å²) in [6.07, 6.45) is 0.265. The molecule has 0 saturated carbocycles. The Bertz CT molecular complexity index is 281. The van der Waals surface area contributed by atoms with Crippen molar-refractivity contribution in [1.82, 2.24) is 0 Å². The van der Waals surface area contributed by atoms with Gasteiger partial charge in [-0.2, -0.15) is 8.42 Å². The van der Waals surface area contributed by atoms with Gasteiger partial charge in [0.15, 0.2) is 0 Å². The first-order chi connectivity index (χ1) is 6.54. The summed E-state index contributed by atoms with van der Waals surface area (Å²) in [6.45, 7) is 6.85. The Morgan fingerprint density at radius 3 is 2.07 bits per heavy atom. The molecule has 0 amide bonds. The largest absolute Gasteiger partial charge is 0.397 e. The molecule has 0 spiro atoms. The van der Waals surface area contributed by atoms with E-state index in [1.54, 1.807) is 0 Å². The van der Waals surface area contributed by atoms with Gasteiger partial charge in [0.1, 0.15) is 5.60 Å². The van der Waals surface area contributed by atoms with Crippen LogP contribution in [0.15, 0.2) is 0 Å². The lowest BCUT2D eigenvalue weighted by Crippen LogP contribution is -2.40. The van der Waals surface area contributed by atoms with Crippen LogP contribution < -0.4 is 0 Å². The van der Waals surface area contributed by atoms with E-state index in [-0.39, 0.29) is 0 Å². The molecule has 6 heteroatoms. The number of rotatable bonds is 6. The van der Waals surface area contributed by atoms with Gasteiger partial charge in [-0.05, 0) is 32.6 Å². The molecule has 5 nitrogen and oxygen atoms in total. The van der Waals surface area contributed by atoms with Crippen LogP contribution in [0, 0.1) is 5.92 Å². The number of hydrogen-bond acceptors (Lipinski definition) is 4. The lowest BCUT2D eigenvalue weighted by Gasteiger charge is -2.28. The normalized spacial score (nSPS) is 15.7. The lowest BCUT2D eigenvalue weighted by molar-refractivity contribution is -0.0364. The van der Waals surface area contributed by atoms with Crippen LogP contribution in [0.2, 0.25) is 0 Å². The predicted octanol–water partition coefficient (Wildman–Crippen LogP) is 1.38. The third-order valence-corrected chi connectivity index (χ3v) is 2.78. The van der Waals surface area contributed by atoms with Crippen LogP contribution >= 0.6 is 0 Å². The highest BCUT2D eigenvalue weighted by Gasteiger charge is 2.33. The molecule has 15 heavy (non-hydrogen) atoms. The minimum atomic E-state index is -4.53. The monoisotopic (exact) mass is 240 g/mol. The van der Waals surface area contributed by atoms with E-state index in [9.17, 15) is 13.5 Å². The van der Waals surface area contributed by atoms with Crippen molar-refractivity contribution in [3.63, 3.8) is 0 Å². The summed E-state index contributed by atoms with van der Waals surface area (Å²) in [5.74, 6) is 0.418. The molecule has 1 unspecified atom stereocenters. The molecule has 0 radical (unpaired) electrons. The van der Waals surface area contributed by atoms with Crippen LogP contribution in [0.5, 0.6) is 0 Å². The first kappa shape index (κ1) is 14.8. The van der Waals surface area contributed by atoms with Gasteiger partial charge >= 0.3 is 10.4 Å². The summed E-state index contributed by atoms with van der Waals surface area (Å²) in [7, 11) is -4.53. The molecular formula is C9H20O5S. The summed E-state index contributed by atoms with van der Waals surface area (Å²) in [6, 6.07) is 0. The van der Waals surface area contributed by atoms with Crippen molar-refractivity contribution in [2.45, 2.75) is 52.2 Å². The molecule has 0 rings (SSSR count). The van der Waals surface area contributed by atoms with Gasteiger partial charge in [0.2, 0.25) is 0 Å². The molecule has 92 valence electrons. The van der Waals surface area contributed by atoms with Gasteiger partial charge in [0, 0.05) is 0 Å². The average molecular weight is 240 g/mol. The van der Waals surface area contributed by atoms with Crippen LogP contribution in [0.25, 0.3) is 0 Å². The second-order valence-corrected chi connectivity index (χ2v) is 5.62. The van der Waals surface area contributed by atoms with Gasteiger partial charge in [-0.25, -0.2) is 4.18 Å². The SMILES string of the molecule is CC(C)CCC(O)C(C)(C)OS(=O)(=O)O. The van der Waals surface area contributed by atoms with E-state index in [1.165, 1.54) is 13.8 Å². The maximum Gasteiger partial charge on any atom is 0.397 e. The molecule has 1 atom stereocenters. The highest BCUT2D eigenvalue weighted by molar-refractivity contribution is 7.80. The lowest BCUT2D eigenvalue weighted by atomic mass is 9.95. The Morgan fingerprint density at radius 2 is 1.73 bits per heavy atom. The molecule has 0 aliphatic heterocycles. The number of aliphatic hydroxyl groups is 1. The second-order valence-electron chi connectivity index (χ2n) is 4.60. The summed E-state index contributed by atoms with van der Waals surface area (Å²) in [5, 5.41) is 9.69. The van der Waals surface area contributed by atoms with Gasteiger partial charge in [0.25, 0.3) is 0 Å². The molecule has 0 aromatic rings. The van der Waals surface area contributed by atoms with E-state index >= 15 is 0 Å². The van der Waals surface area contributed by atoms with Crippen molar-refractivity contribution >= 4 is 10.4 Å². The standard InChI is InChI=1S/C9H20O5S/c1-7(2)5-6-8(10)9(3,4)14-15(11,12)13/h7-8,10H,5-6H2,1-4H3,(H,11,12,13). The molecule has 0 aliphatic carbocycles. The molecule has 0 aliphatic rings. The zero-order valence-corrected chi connectivity index (χ0v) is 10.4. The molecule has 0 fully saturated rings. The molecule has 0 heterocycles. The maximum atomic E-state index is 10.5. The molecule has 2 N–H and O–H groups in total. The highest BCUT2D eigenvalue weighted by Crippen LogP contribution is 2.22. The van der Waals surface area contributed by atoms with Crippen LogP contribution in [-0.4, -0.2) is 29.8 Å². The van der Waals surface area contributed by atoms with E-state index in [0.29, 0.717) is 12.3 Å². The summed E-state index contributed by atoms with van der Waals surface area (Å²) >= 11 is 0. The van der Waals surface area contributed by atoms with E-state index in [1.807, 2.05) is 13.8 Å². The Kier molecular flexibility index (Phi) is 5.19. The molecule has 0 aromatic heterocycles. The first-order valence-electron chi connectivity index (χ1n) is 4.90. The summed E-state index contributed by atoms with van der Waals surface area (Å²) in [5.41, 5.74) is -1.30. The quantitative estimate of drug-likeness (QED) is 0.685. The van der Waals surface area contributed by atoms with Gasteiger partial charge in [-0.3, -0.25) is 4.55 Å². The van der Waals surface area contributed by atoms with Crippen LogP contribution in [-0.2, 0) is 14.6 Å². The van der Waals surface area contributed by atoms with E-state index < -0.39 is 22.1 Å². The van der Waals surface area contributed by atoms with Crippen molar-refractivity contribution in [2.24, 2.45) is 5.92 Å². The third-order valence-electron chi connectivity index (χ3n) is 2.14. The fourth-order valence-electron chi connectivity index (χ4n) is 1.17. The van der Waals surface area contributed by atoms with E-state index in [2.05, 4.69) is 4.18 Å². The van der Waals surface area contributed by atoms with Crippen molar-refractivity contribution in [3.05, 3.63) is 0 Å². The smallest absolute Gasteiger partial charge is 0.390 e. The second kappa shape index (κ2) is 5.25. The molecular weight excluding hydrogens is 220 g/mol. The maximum absolute atomic E-state index is 10.5. The van der Waals surface area contributed by atoms with Crippen molar-refractivity contribution < 1.29 is 22.3 Å². The first-order valence-corrected chi connectivity index (χ1v) is 6.27. The van der Waals surface area contributed by atoms with E-state index in [4.69, 9.17) is 4.55 Å². The Balaban J connectivity index is 4.32. The number of hydrogen-bond donors (Lipinski definition) is 2. The molecule has 0 bridgehead atoms. The topological polar surface area (TPSA) is 83.8 Å². The third kappa shape index (κ3) is 6.83. The molecule has 0 aromatic carbocycles. The van der Waals surface area contributed by atoms with Crippen molar-refractivity contribution in [3.8, 4) is 0 Å². The fourth-order valence-corrected chi connectivity index (χ4v) is 1.82. The van der Waals surface area contributed by atoms with Crippen LogP contribution in [0.3, 0.4) is 0 Å². The Morgan fingerprint density at radius 1 is 1.27 bits per heavy atom. The van der Waals surface area contributed by atoms with Gasteiger partial charge in [0.05, 0.1) is 6.10 Å². The highest BCUT2D eigenvalue weighted by atomic mass is 32.3. The Hall–Kier alpha value is -0.170. The Labute approximate surface area is 91.4 Å². The fraction of sp³-hybridized carbons (Fsp3) is 1.00. The zero-order chi connectivity index (χ0) is 12.3. The zero-order valence-electron chi connectivity index (χ0n) is 9.60. The summed E-state index contributed by atoms with van der Waals surface area (Å²) in [4.78, 5) is 0. The summed E-state index contributed by atoms with van der Waals surface area (Å²) < 4.78 is 33.9. The van der Waals surface area contributed by atoms with Crippen molar-refractivity contribution in [2.75, 3.05) is 0 Å². The minimum Gasteiger partial charge on any atom is -0.390 e. The van der Waals surface area contributed by atoms with Crippen LogP contribution in [0.4, 0.5) is 0 Å². The van der Waals surface area contributed by atoms with Gasteiger partial charge in [-0.15, -0.1) is 0 Å². The average Bonchev–Trinajstić information content (AvgIpc) is 1.94.